The molecule has 0 bridgehead atoms. The Morgan fingerprint density at radius 1 is 1.53 bits per heavy atom. The first-order chi connectivity index (χ1) is 7.29. The fourth-order valence-electron chi connectivity index (χ4n) is 1.90. The van der Waals surface area contributed by atoms with Crippen LogP contribution >= 0.6 is 0 Å². The normalized spacial score (nSPS) is 17.7. The fourth-order valence-corrected chi connectivity index (χ4v) is 1.90. The molecule has 2 heterocycles. The van der Waals surface area contributed by atoms with Crippen molar-refractivity contribution in [3.05, 3.63) is 18.7 Å². The van der Waals surface area contributed by atoms with Crippen LogP contribution in [0.4, 0.5) is 4.79 Å². The number of piperidine rings is 1. The zero-order chi connectivity index (χ0) is 10.7. The summed E-state index contributed by atoms with van der Waals surface area (Å²) in [6.07, 6.45) is 6.89. The van der Waals surface area contributed by atoms with Gasteiger partial charge < -0.3 is 10.2 Å². The SMILES string of the molecule is CN(C(=O)n1ccnc1)C1CCNCC1. The quantitative estimate of drug-likeness (QED) is 0.732. The van der Waals surface area contributed by atoms with Crippen LogP contribution < -0.4 is 5.32 Å². The minimum atomic E-state index is -0.000556. The Morgan fingerprint density at radius 2 is 2.27 bits per heavy atom. The monoisotopic (exact) mass is 208 g/mol. The van der Waals surface area contributed by atoms with Crippen molar-refractivity contribution in [2.75, 3.05) is 20.1 Å². The maximum atomic E-state index is 11.9. The highest BCUT2D eigenvalue weighted by molar-refractivity contribution is 5.76. The van der Waals surface area contributed by atoms with E-state index in [4.69, 9.17) is 0 Å². The standard InChI is InChI=1S/C10H16N4O/c1-13(9-2-4-11-5-3-9)10(15)14-7-6-12-8-14/h6-9,11H,2-5H2,1H3. The molecule has 1 fully saturated rings. The molecule has 1 aromatic heterocycles. The smallest absolute Gasteiger partial charge is 0.324 e. The summed E-state index contributed by atoms with van der Waals surface area (Å²) in [4.78, 5) is 17.6. The van der Waals surface area contributed by atoms with E-state index in [2.05, 4.69) is 10.3 Å². The molecule has 1 aliphatic heterocycles. The van der Waals surface area contributed by atoms with Gasteiger partial charge in [0.1, 0.15) is 6.33 Å². The maximum absolute atomic E-state index is 11.9. The molecular weight excluding hydrogens is 192 g/mol. The lowest BCUT2D eigenvalue weighted by Gasteiger charge is -2.31. The minimum Gasteiger partial charge on any atom is -0.324 e. The van der Waals surface area contributed by atoms with Crippen molar-refractivity contribution in [3.8, 4) is 0 Å². The number of hydrogen-bond donors (Lipinski definition) is 1. The first-order valence-electron chi connectivity index (χ1n) is 5.25. The van der Waals surface area contributed by atoms with Crippen LogP contribution in [0.25, 0.3) is 0 Å². The zero-order valence-corrected chi connectivity index (χ0v) is 8.89. The average molecular weight is 208 g/mol. The first kappa shape index (κ1) is 10.2. The molecular formula is C10H16N4O. The molecule has 2 rings (SSSR count). The molecule has 15 heavy (non-hydrogen) atoms. The van der Waals surface area contributed by atoms with Gasteiger partial charge in [-0.05, 0) is 25.9 Å². The van der Waals surface area contributed by atoms with Gasteiger partial charge in [0.2, 0.25) is 0 Å². The Balaban J connectivity index is 2.00. The van der Waals surface area contributed by atoms with Gasteiger partial charge in [-0.25, -0.2) is 9.78 Å². The van der Waals surface area contributed by atoms with E-state index in [-0.39, 0.29) is 6.03 Å². The van der Waals surface area contributed by atoms with Crippen molar-refractivity contribution in [3.63, 3.8) is 0 Å². The summed E-state index contributed by atoms with van der Waals surface area (Å²) in [6.45, 7) is 1.98. The predicted octanol–water partition coefficient (Wildman–Crippen LogP) is 0.535. The number of rotatable bonds is 1. The Bertz CT molecular complexity index is 316. The van der Waals surface area contributed by atoms with E-state index in [1.165, 1.54) is 4.57 Å². The van der Waals surface area contributed by atoms with Crippen LogP contribution in [0, 0.1) is 0 Å². The van der Waals surface area contributed by atoms with Gasteiger partial charge in [-0.2, -0.15) is 0 Å². The average Bonchev–Trinajstić information content (AvgIpc) is 2.82. The lowest BCUT2D eigenvalue weighted by atomic mass is 10.1. The van der Waals surface area contributed by atoms with Crippen LogP contribution in [0.5, 0.6) is 0 Å². The Hall–Kier alpha value is -1.36. The predicted molar refractivity (Wildman–Crippen MR) is 56.7 cm³/mol. The van der Waals surface area contributed by atoms with Crippen molar-refractivity contribution in [2.24, 2.45) is 0 Å². The van der Waals surface area contributed by atoms with Crippen LogP contribution in [-0.4, -0.2) is 46.7 Å². The molecule has 1 amide bonds. The molecule has 0 spiro atoms. The van der Waals surface area contributed by atoms with Crippen molar-refractivity contribution >= 4 is 6.03 Å². The number of imidazole rings is 1. The van der Waals surface area contributed by atoms with Crippen molar-refractivity contribution < 1.29 is 4.79 Å². The highest BCUT2D eigenvalue weighted by Crippen LogP contribution is 2.11. The molecule has 5 heteroatoms. The molecule has 5 nitrogen and oxygen atoms in total. The Labute approximate surface area is 89.1 Å². The molecule has 0 aliphatic carbocycles. The molecule has 1 saturated heterocycles. The van der Waals surface area contributed by atoms with E-state index >= 15 is 0 Å². The molecule has 1 aromatic rings. The molecule has 0 unspecified atom stereocenters. The third kappa shape index (κ3) is 2.18. The second kappa shape index (κ2) is 4.44. The fraction of sp³-hybridized carbons (Fsp3) is 0.600. The maximum Gasteiger partial charge on any atom is 0.329 e. The second-order valence-corrected chi connectivity index (χ2v) is 3.84. The summed E-state index contributed by atoms with van der Waals surface area (Å²) >= 11 is 0. The summed E-state index contributed by atoms with van der Waals surface area (Å²) in [5.74, 6) is 0. The van der Waals surface area contributed by atoms with Crippen LogP contribution in [-0.2, 0) is 0 Å². The zero-order valence-electron chi connectivity index (χ0n) is 8.89. The van der Waals surface area contributed by atoms with E-state index in [0.717, 1.165) is 25.9 Å². The Kier molecular flexibility index (Phi) is 3.01. The molecule has 0 radical (unpaired) electrons. The third-order valence-electron chi connectivity index (χ3n) is 2.88. The van der Waals surface area contributed by atoms with Crippen molar-refractivity contribution in [1.29, 1.82) is 0 Å². The highest BCUT2D eigenvalue weighted by atomic mass is 16.2. The van der Waals surface area contributed by atoms with Gasteiger partial charge >= 0.3 is 6.03 Å². The number of carbonyl (C=O) groups is 1. The molecule has 0 saturated carbocycles. The second-order valence-electron chi connectivity index (χ2n) is 3.84. The molecule has 1 aliphatic rings. The third-order valence-corrected chi connectivity index (χ3v) is 2.88. The van der Waals surface area contributed by atoms with E-state index < -0.39 is 0 Å². The summed E-state index contributed by atoms with van der Waals surface area (Å²) in [6, 6.07) is 0.348. The molecule has 0 aromatic carbocycles. The van der Waals surface area contributed by atoms with Gasteiger partial charge in [0.15, 0.2) is 0 Å². The van der Waals surface area contributed by atoms with E-state index in [1.807, 2.05) is 11.9 Å². The van der Waals surface area contributed by atoms with E-state index in [9.17, 15) is 4.79 Å². The van der Waals surface area contributed by atoms with Crippen LogP contribution in [0.1, 0.15) is 12.8 Å². The topological polar surface area (TPSA) is 50.2 Å². The minimum absolute atomic E-state index is 0.000556. The number of nitrogens with zero attached hydrogens (tertiary/aromatic N) is 3. The lowest BCUT2D eigenvalue weighted by molar-refractivity contribution is 0.178. The van der Waals surface area contributed by atoms with Gasteiger partial charge in [-0.1, -0.05) is 0 Å². The summed E-state index contributed by atoms with van der Waals surface area (Å²) in [7, 11) is 1.86. The van der Waals surface area contributed by atoms with Gasteiger partial charge in [0, 0.05) is 25.5 Å². The van der Waals surface area contributed by atoms with Crippen LogP contribution in [0.2, 0.25) is 0 Å². The van der Waals surface area contributed by atoms with Crippen molar-refractivity contribution in [2.45, 2.75) is 18.9 Å². The number of carbonyl (C=O) groups excluding carboxylic acids is 1. The summed E-state index contributed by atoms with van der Waals surface area (Å²) in [5.41, 5.74) is 0. The summed E-state index contributed by atoms with van der Waals surface area (Å²) in [5, 5.41) is 3.29. The molecule has 1 N–H and O–H groups in total. The van der Waals surface area contributed by atoms with Crippen LogP contribution in [0.3, 0.4) is 0 Å². The lowest BCUT2D eigenvalue weighted by Crippen LogP contribution is -2.45. The van der Waals surface area contributed by atoms with Crippen LogP contribution in [0.15, 0.2) is 18.7 Å². The van der Waals surface area contributed by atoms with Gasteiger partial charge in [-0.3, -0.25) is 4.57 Å². The van der Waals surface area contributed by atoms with Gasteiger partial charge in [-0.15, -0.1) is 0 Å². The van der Waals surface area contributed by atoms with Gasteiger partial charge in [0.25, 0.3) is 0 Å². The Morgan fingerprint density at radius 3 is 2.87 bits per heavy atom. The number of aromatic nitrogens is 2. The number of hydrogen-bond acceptors (Lipinski definition) is 3. The van der Waals surface area contributed by atoms with Gasteiger partial charge in [0.05, 0.1) is 0 Å². The molecule has 82 valence electrons. The van der Waals surface area contributed by atoms with Crippen molar-refractivity contribution in [1.82, 2.24) is 19.8 Å². The molecule has 0 atom stereocenters. The first-order valence-corrected chi connectivity index (χ1v) is 5.25. The number of amides is 1. The highest BCUT2D eigenvalue weighted by Gasteiger charge is 2.22. The number of nitrogens with one attached hydrogen (secondary N) is 1. The van der Waals surface area contributed by atoms with E-state index in [0.29, 0.717) is 6.04 Å². The summed E-state index contributed by atoms with van der Waals surface area (Å²) < 4.78 is 1.52. The largest absolute Gasteiger partial charge is 0.329 e. The van der Waals surface area contributed by atoms with E-state index in [1.54, 1.807) is 18.7 Å².